The van der Waals surface area contributed by atoms with E-state index in [4.69, 9.17) is 0 Å². The lowest BCUT2D eigenvalue weighted by Crippen LogP contribution is -2.44. The first kappa shape index (κ1) is 12.7. The topological polar surface area (TPSA) is 41.1 Å². The van der Waals surface area contributed by atoms with Crippen LogP contribution in [0.5, 0.6) is 0 Å². The van der Waals surface area contributed by atoms with Crippen molar-refractivity contribution in [2.75, 3.05) is 18.4 Å². The van der Waals surface area contributed by atoms with Crippen LogP contribution >= 0.6 is 0 Å². The van der Waals surface area contributed by atoms with Crippen molar-refractivity contribution in [3.63, 3.8) is 0 Å². The molecule has 0 bridgehead atoms. The summed E-state index contributed by atoms with van der Waals surface area (Å²) in [5.41, 5.74) is 1.92. The van der Waals surface area contributed by atoms with Gasteiger partial charge in [0.2, 0.25) is 5.91 Å². The molecule has 3 rings (SSSR count). The fraction of sp³-hybridized carbons (Fsp3) is 0.562. The van der Waals surface area contributed by atoms with Crippen molar-refractivity contribution in [1.29, 1.82) is 0 Å². The first-order valence-electron chi connectivity index (χ1n) is 7.30. The molecule has 1 aliphatic carbocycles. The summed E-state index contributed by atoms with van der Waals surface area (Å²) >= 11 is 0. The van der Waals surface area contributed by atoms with Crippen LogP contribution in [0.2, 0.25) is 0 Å². The minimum atomic E-state index is -0.166. The Morgan fingerprint density at radius 3 is 3.05 bits per heavy atom. The van der Waals surface area contributed by atoms with Crippen molar-refractivity contribution in [3.8, 4) is 0 Å². The highest BCUT2D eigenvalue weighted by Gasteiger charge is 2.49. The number of fused-ring (bicyclic) bond motifs is 1. The summed E-state index contributed by atoms with van der Waals surface area (Å²) in [7, 11) is 0. The molecule has 1 aromatic carbocycles. The molecular weight excluding hydrogens is 236 g/mol. The second kappa shape index (κ2) is 4.97. The van der Waals surface area contributed by atoms with Crippen LogP contribution in [-0.4, -0.2) is 19.0 Å². The lowest BCUT2D eigenvalue weighted by atomic mass is 9.67. The Morgan fingerprint density at radius 1 is 1.37 bits per heavy atom. The minimum absolute atomic E-state index is 0.166. The van der Waals surface area contributed by atoms with Gasteiger partial charge in [0.15, 0.2) is 0 Å². The molecule has 2 aliphatic rings. The molecule has 2 fully saturated rings. The van der Waals surface area contributed by atoms with Gasteiger partial charge in [-0.3, -0.25) is 4.79 Å². The number of amides is 1. The summed E-state index contributed by atoms with van der Waals surface area (Å²) < 4.78 is 0. The highest BCUT2D eigenvalue weighted by atomic mass is 16.2. The monoisotopic (exact) mass is 258 g/mol. The van der Waals surface area contributed by atoms with Crippen LogP contribution in [-0.2, 0) is 4.79 Å². The SMILES string of the molecule is Cc1ccccc1NC(=O)[C@@]12CCCC[C@H]1CNC2. The van der Waals surface area contributed by atoms with Crippen molar-refractivity contribution in [1.82, 2.24) is 5.32 Å². The van der Waals surface area contributed by atoms with Gasteiger partial charge in [0.05, 0.1) is 5.41 Å². The second-order valence-corrected chi connectivity index (χ2v) is 6.00. The van der Waals surface area contributed by atoms with E-state index < -0.39 is 0 Å². The largest absolute Gasteiger partial charge is 0.325 e. The molecule has 0 spiro atoms. The van der Waals surface area contributed by atoms with Gasteiger partial charge in [-0.25, -0.2) is 0 Å². The Bertz CT molecular complexity index is 485. The van der Waals surface area contributed by atoms with Gasteiger partial charge in [-0.05, 0) is 43.9 Å². The van der Waals surface area contributed by atoms with Crippen LogP contribution in [0.1, 0.15) is 31.2 Å². The molecule has 1 saturated heterocycles. The maximum atomic E-state index is 12.8. The van der Waals surface area contributed by atoms with E-state index in [0.717, 1.165) is 30.8 Å². The Hall–Kier alpha value is -1.35. The summed E-state index contributed by atoms with van der Waals surface area (Å²) in [6.07, 6.45) is 4.67. The molecule has 1 heterocycles. The van der Waals surface area contributed by atoms with E-state index >= 15 is 0 Å². The third-order valence-corrected chi connectivity index (χ3v) is 4.88. The minimum Gasteiger partial charge on any atom is -0.325 e. The average molecular weight is 258 g/mol. The van der Waals surface area contributed by atoms with Gasteiger partial charge in [0.25, 0.3) is 0 Å². The maximum Gasteiger partial charge on any atom is 0.232 e. The quantitative estimate of drug-likeness (QED) is 0.856. The maximum absolute atomic E-state index is 12.8. The van der Waals surface area contributed by atoms with E-state index in [0.29, 0.717) is 5.92 Å². The van der Waals surface area contributed by atoms with Crippen molar-refractivity contribution < 1.29 is 4.79 Å². The van der Waals surface area contributed by atoms with Gasteiger partial charge in [-0.15, -0.1) is 0 Å². The number of carbonyl (C=O) groups excluding carboxylic acids is 1. The second-order valence-electron chi connectivity index (χ2n) is 6.00. The molecule has 19 heavy (non-hydrogen) atoms. The van der Waals surface area contributed by atoms with Crippen molar-refractivity contribution in [2.24, 2.45) is 11.3 Å². The number of para-hydroxylation sites is 1. The third kappa shape index (κ3) is 2.16. The van der Waals surface area contributed by atoms with Gasteiger partial charge >= 0.3 is 0 Å². The van der Waals surface area contributed by atoms with Gasteiger partial charge in [-0.2, -0.15) is 0 Å². The molecule has 3 nitrogen and oxygen atoms in total. The number of hydrogen-bond acceptors (Lipinski definition) is 2. The molecule has 0 unspecified atom stereocenters. The molecule has 2 atom stereocenters. The molecule has 1 saturated carbocycles. The number of anilines is 1. The van der Waals surface area contributed by atoms with Crippen LogP contribution in [0.4, 0.5) is 5.69 Å². The molecule has 1 aromatic rings. The molecular formula is C16H22N2O. The van der Waals surface area contributed by atoms with Crippen molar-refractivity contribution >= 4 is 11.6 Å². The lowest BCUT2D eigenvalue weighted by Gasteiger charge is -2.37. The van der Waals surface area contributed by atoms with Crippen LogP contribution in [0.3, 0.4) is 0 Å². The van der Waals surface area contributed by atoms with E-state index in [1.54, 1.807) is 0 Å². The number of benzene rings is 1. The molecule has 1 aliphatic heterocycles. The highest BCUT2D eigenvalue weighted by Crippen LogP contribution is 2.44. The van der Waals surface area contributed by atoms with Gasteiger partial charge < -0.3 is 10.6 Å². The number of hydrogen-bond donors (Lipinski definition) is 2. The molecule has 2 N–H and O–H groups in total. The third-order valence-electron chi connectivity index (χ3n) is 4.88. The predicted octanol–water partition coefficient (Wildman–Crippen LogP) is 2.71. The average Bonchev–Trinajstić information content (AvgIpc) is 2.86. The number of aryl methyl sites for hydroxylation is 1. The van der Waals surface area contributed by atoms with E-state index in [9.17, 15) is 4.79 Å². The highest BCUT2D eigenvalue weighted by molar-refractivity contribution is 5.96. The summed E-state index contributed by atoms with van der Waals surface area (Å²) in [6.45, 7) is 3.88. The lowest BCUT2D eigenvalue weighted by molar-refractivity contribution is -0.128. The first-order valence-corrected chi connectivity index (χ1v) is 7.30. The van der Waals surface area contributed by atoms with Crippen molar-refractivity contribution in [2.45, 2.75) is 32.6 Å². The summed E-state index contributed by atoms with van der Waals surface area (Å²) in [5.74, 6) is 0.738. The number of carbonyl (C=O) groups is 1. The van der Waals surface area contributed by atoms with E-state index in [2.05, 4.69) is 10.6 Å². The number of rotatable bonds is 2. The van der Waals surface area contributed by atoms with Gasteiger partial charge in [0.1, 0.15) is 0 Å². The fourth-order valence-electron chi connectivity index (χ4n) is 3.65. The number of nitrogens with one attached hydrogen (secondary N) is 2. The van der Waals surface area contributed by atoms with Crippen LogP contribution in [0.15, 0.2) is 24.3 Å². The van der Waals surface area contributed by atoms with Crippen LogP contribution in [0, 0.1) is 18.3 Å². The summed E-state index contributed by atoms with van der Waals surface area (Å²) in [4.78, 5) is 12.8. The zero-order valence-corrected chi connectivity index (χ0v) is 11.5. The van der Waals surface area contributed by atoms with E-state index in [1.807, 2.05) is 31.2 Å². The Morgan fingerprint density at radius 2 is 2.21 bits per heavy atom. The summed E-state index contributed by atoms with van der Waals surface area (Å²) in [5, 5.41) is 6.59. The standard InChI is InChI=1S/C16H22N2O/c1-12-6-2-3-8-14(12)18-15(19)16-9-5-4-7-13(16)10-17-11-16/h2-3,6,8,13,17H,4-5,7,9-11H2,1H3,(H,18,19)/t13-,16+/m0/s1. The molecule has 3 heteroatoms. The predicted molar refractivity (Wildman–Crippen MR) is 77.1 cm³/mol. The van der Waals surface area contributed by atoms with Crippen LogP contribution in [0.25, 0.3) is 0 Å². The Balaban J connectivity index is 1.81. The normalized spacial score (nSPS) is 29.8. The smallest absolute Gasteiger partial charge is 0.232 e. The molecule has 102 valence electrons. The zero-order valence-electron chi connectivity index (χ0n) is 11.5. The first-order chi connectivity index (χ1) is 9.22. The molecule has 1 amide bonds. The summed E-state index contributed by atoms with van der Waals surface area (Å²) in [6, 6.07) is 8.01. The van der Waals surface area contributed by atoms with E-state index in [-0.39, 0.29) is 11.3 Å². The van der Waals surface area contributed by atoms with Crippen molar-refractivity contribution in [3.05, 3.63) is 29.8 Å². The van der Waals surface area contributed by atoms with E-state index in [1.165, 1.54) is 19.3 Å². The van der Waals surface area contributed by atoms with Gasteiger partial charge in [-0.1, -0.05) is 31.0 Å². The fourth-order valence-corrected chi connectivity index (χ4v) is 3.65. The Labute approximate surface area is 114 Å². The van der Waals surface area contributed by atoms with Crippen LogP contribution < -0.4 is 10.6 Å². The van der Waals surface area contributed by atoms with Gasteiger partial charge in [0, 0.05) is 12.2 Å². The Kier molecular flexibility index (Phi) is 3.31. The molecule has 0 radical (unpaired) electrons. The molecule has 0 aromatic heterocycles. The zero-order chi connectivity index (χ0) is 13.3.